The molecule has 128 valence electrons. The van der Waals surface area contributed by atoms with E-state index in [2.05, 4.69) is 22.1 Å². The molecule has 25 heavy (non-hydrogen) atoms. The molecule has 4 saturated carbocycles. The maximum absolute atomic E-state index is 10.3. The van der Waals surface area contributed by atoms with Crippen molar-refractivity contribution < 1.29 is 5.11 Å². The summed E-state index contributed by atoms with van der Waals surface area (Å²) in [4.78, 5) is 8.56. The predicted molar refractivity (Wildman–Crippen MR) is 99.4 cm³/mol. The molecule has 3 nitrogen and oxygen atoms in total. The number of benzene rings is 1. The van der Waals surface area contributed by atoms with Gasteiger partial charge in [-0.05, 0) is 91.5 Å². The molecule has 0 saturated heterocycles. The number of aromatic nitrogens is 1. The monoisotopic (exact) mass is 332 g/mol. The lowest BCUT2D eigenvalue weighted by atomic mass is 9.48. The molecule has 0 amide bonds. The first kappa shape index (κ1) is 15.1. The molecular weight excluding hydrogens is 308 g/mol. The topological polar surface area (TPSA) is 45.5 Å². The summed E-state index contributed by atoms with van der Waals surface area (Å²) in [5.74, 6) is 3.08. The van der Waals surface area contributed by atoms with Crippen LogP contribution in [-0.4, -0.2) is 16.3 Å². The van der Waals surface area contributed by atoms with Crippen LogP contribution in [0.4, 0.5) is 5.69 Å². The molecule has 4 bridgehead atoms. The zero-order valence-corrected chi connectivity index (χ0v) is 14.4. The van der Waals surface area contributed by atoms with Crippen molar-refractivity contribution in [2.75, 3.05) is 0 Å². The number of rotatable bonds is 3. The second kappa shape index (κ2) is 5.69. The van der Waals surface area contributed by atoms with Crippen molar-refractivity contribution >= 4 is 11.9 Å². The molecule has 1 aromatic carbocycles. The Morgan fingerprint density at radius 3 is 2.40 bits per heavy atom. The fourth-order valence-corrected chi connectivity index (χ4v) is 6.03. The van der Waals surface area contributed by atoms with E-state index in [9.17, 15) is 5.11 Å². The van der Waals surface area contributed by atoms with Crippen LogP contribution in [0.3, 0.4) is 0 Å². The number of aliphatic imine (C=N–C) groups is 1. The van der Waals surface area contributed by atoms with Gasteiger partial charge in [-0.3, -0.25) is 9.98 Å². The van der Waals surface area contributed by atoms with Gasteiger partial charge in [0.1, 0.15) is 5.75 Å². The van der Waals surface area contributed by atoms with Crippen molar-refractivity contribution in [2.45, 2.75) is 43.9 Å². The highest BCUT2D eigenvalue weighted by Crippen LogP contribution is 2.60. The molecule has 0 radical (unpaired) electrons. The Morgan fingerprint density at radius 1 is 1.04 bits per heavy atom. The van der Waals surface area contributed by atoms with E-state index in [1.807, 2.05) is 18.2 Å². The normalized spacial score (nSPS) is 33.2. The van der Waals surface area contributed by atoms with Gasteiger partial charge in [0, 0.05) is 18.0 Å². The van der Waals surface area contributed by atoms with E-state index in [1.165, 1.54) is 44.1 Å². The van der Waals surface area contributed by atoms with Gasteiger partial charge in [0.2, 0.25) is 0 Å². The maximum atomic E-state index is 10.3. The summed E-state index contributed by atoms with van der Waals surface area (Å²) in [7, 11) is 0. The van der Waals surface area contributed by atoms with Crippen LogP contribution in [0.15, 0.2) is 47.7 Å². The van der Waals surface area contributed by atoms with Crippen molar-refractivity contribution in [1.29, 1.82) is 0 Å². The fraction of sp³-hybridized carbons (Fsp3) is 0.455. The lowest BCUT2D eigenvalue weighted by Gasteiger charge is -2.57. The summed E-state index contributed by atoms with van der Waals surface area (Å²) in [5, 5.41) is 10.3. The third-order valence-corrected chi connectivity index (χ3v) is 6.68. The number of nitrogens with zero attached hydrogens (tertiary/aromatic N) is 2. The van der Waals surface area contributed by atoms with Gasteiger partial charge in [-0.25, -0.2) is 0 Å². The smallest absolute Gasteiger partial charge is 0.124 e. The second-order valence-corrected chi connectivity index (χ2v) is 8.44. The average Bonchev–Trinajstić information content (AvgIpc) is 2.60. The molecule has 0 atom stereocenters. The van der Waals surface area contributed by atoms with Crippen molar-refractivity contribution in [3.8, 4) is 5.75 Å². The van der Waals surface area contributed by atoms with Crippen LogP contribution in [0.5, 0.6) is 5.75 Å². The third kappa shape index (κ3) is 2.66. The zero-order chi connectivity index (χ0) is 16.9. The van der Waals surface area contributed by atoms with Crippen LogP contribution in [0.25, 0.3) is 0 Å². The van der Waals surface area contributed by atoms with Gasteiger partial charge in [0.25, 0.3) is 0 Å². The molecule has 2 aromatic rings. The van der Waals surface area contributed by atoms with Crippen LogP contribution in [-0.2, 0) is 5.41 Å². The molecule has 0 unspecified atom stereocenters. The van der Waals surface area contributed by atoms with Gasteiger partial charge < -0.3 is 5.11 Å². The van der Waals surface area contributed by atoms with Crippen LogP contribution < -0.4 is 0 Å². The van der Waals surface area contributed by atoms with Crippen LogP contribution in [0, 0.1) is 17.8 Å². The summed E-state index contributed by atoms with van der Waals surface area (Å²) in [5.41, 5.74) is 3.38. The lowest BCUT2D eigenvalue weighted by molar-refractivity contribution is -0.00520. The van der Waals surface area contributed by atoms with Crippen molar-refractivity contribution in [1.82, 2.24) is 4.98 Å². The third-order valence-electron chi connectivity index (χ3n) is 6.68. The summed E-state index contributed by atoms with van der Waals surface area (Å²) in [6.07, 6.45) is 13.6. The molecule has 0 aliphatic heterocycles. The number of phenolic OH excluding ortho intramolecular Hbond substituents is 1. The first-order chi connectivity index (χ1) is 12.2. The van der Waals surface area contributed by atoms with Crippen molar-refractivity contribution in [2.24, 2.45) is 22.7 Å². The molecule has 4 aliphatic rings. The fourth-order valence-electron chi connectivity index (χ4n) is 6.03. The Labute approximate surface area is 148 Å². The Hall–Kier alpha value is -2.16. The van der Waals surface area contributed by atoms with Gasteiger partial charge in [-0.1, -0.05) is 6.07 Å². The molecule has 1 N–H and O–H groups in total. The number of phenols is 1. The van der Waals surface area contributed by atoms with Gasteiger partial charge in [-0.15, -0.1) is 0 Å². The van der Waals surface area contributed by atoms with Gasteiger partial charge in [0.15, 0.2) is 0 Å². The summed E-state index contributed by atoms with van der Waals surface area (Å²) in [6.45, 7) is 0. The van der Waals surface area contributed by atoms with Gasteiger partial charge in [0.05, 0.1) is 11.9 Å². The first-order valence-corrected chi connectivity index (χ1v) is 9.48. The van der Waals surface area contributed by atoms with E-state index in [0.29, 0.717) is 11.2 Å². The zero-order valence-electron chi connectivity index (χ0n) is 14.4. The minimum atomic E-state index is 0.307. The van der Waals surface area contributed by atoms with Crippen LogP contribution >= 0.6 is 0 Å². The highest BCUT2D eigenvalue weighted by atomic mass is 16.3. The van der Waals surface area contributed by atoms with Crippen LogP contribution in [0.2, 0.25) is 0 Å². The van der Waals surface area contributed by atoms with E-state index in [1.54, 1.807) is 18.6 Å². The Morgan fingerprint density at radius 2 is 1.76 bits per heavy atom. The molecule has 6 rings (SSSR count). The highest BCUT2D eigenvalue weighted by Gasteiger charge is 2.51. The summed E-state index contributed by atoms with van der Waals surface area (Å²) < 4.78 is 0. The molecule has 3 heteroatoms. The molecule has 4 aliphatic carbocycles. The molecule has 0 spiro atoms. The minimum absolute atomic E-state index is 0.307. The van der Waals surface area contributed by atoms with Crippen molar-refractivity contribution in [3.05, 3.63) is 53.9 Å². The number of hydrogen-bond donors (Lipinski definition) is 1. The molecule has 1 aromatic heterocycles. The predicted octanol–water partition coefficient (Wildman–Crippen LogP) is 5.01. The Balaban J connectivity index is 1.48. The molecule has 1 heterocycles. The largest absolute Gasteiger partial charge is 0.507 e. The maximum Gasteiger partial charge on any atom is 0.124 e. The van der Waals surface area contributed by atoms with E-state index >= 15 is 0 Å². The van der Waals surface area contributed by atoms with Gasteiger partial charge in [-0.2, -0.15) is 0 Å². The second-order valence-electron chi connectivity index (χ2n) is 8.44. The highest BCUT2D eigenvalue weighted by molar-refractivity contribution is 5.85. The van der Waals surface area contributed by atoms with E-state index in [0.717, 1.165) is 29.0 Å². The number of aromatic hydroxyl groups is 1. The SMILES string of the molecule is Oc1ccc(C23CC4CC(CC(C4)C2)C3)cc1C=Nc1cccnc1. The first-order valence-electron chi connectivity index (χ1n) is 9.48. The lowest BCUT2D eigenvalue weighted by Crippen LogP contribution is -2.48. The Kier molecular flexibility index (Phi) is 3.44. The minimum Gasteiger partial charge on any atom is -0.507 e. The quantitative estimate of drug-likeness (QED) is 0.803. The van der Waals surface area contributed by atoms with E-state index < -0.39 is 0 Å². The molecular formula is C22H24N2O. The van der Waals surface area contributed by atoms with Gasteiger partial charge >= 0.3 is 0 Å². The average molecular weight is 332 g/mol. The summed E-state index contributed by atoms with van der Waals surface area (Å²) in [6, 6.07) is 9.99. The summed E-state index contributed by atoms with van der Waals surface area (Å²) >= 11 is 0. The molecule has 4 fully saturated rings. The Bertz CT molecular complexity index is 777. The van der Waals surface area contributed by atoms with Crippen LogP contribution in [0.1, 0.15) is 49.7 Å². The van der Waals surface area contributed by atoms with E-state index in [-0.39, 0.29) is 0 Å². The van der Waals surface area contributed by atoms with E-state index in [4.69, 9.17) is 0 Å². The number of hydrogen-bond acceptors (Lipinski definition) is 3. The van der Waals surface area contributed by atoms with Crippen molar-refractivity contribution in [3.63, 3.8) is 0 Å². The number of pyridine rings is 1. The standard InChI is InChI=1S/C22H24N2O/c25-21-4-3-19(9-18(21)13-24-20-2-1-5-23-14-20)22-10-15-6-16(11-22)8-17(7-15)12-22/h1-5,9,13-17,25H,6-8,10-12H2.